The molecule has 0 spiro atoms. The lowest BCUT2D eigenvalue weighted by Gasteiger charge is -2.09. The van der Waals surface area contributed by atoms with E-state index in [1.165, 1.54) is 6.47 Å². The highest BCUT2D eigenvalue weighted by atomic mass is 16.6. The van der Waals surface area contributed by atoms with Gasteiger partial charge in [0.15, 0.2) is 6.61 Å². The van der Waals surface area contributed by atoms with Crippen molar-refractivity contribution >= 4 is 12.4 Å². The van der Waals surface area contributed by atoms with Crippen molar-refractivity contribution in [1.82, 2.24) is 0 Å². The van der Waals surface area contributed by atoms with Crippen LogP contribution in [0.15, 0.2) is 0 Å². The summed E-state index contributed by atoms with van der Waals surface area (Å²) in [6, 6.07) is 0. The Balaban J connectivity index is 2.11. The topological polar surface area (TPSA) is 52.6 Å². The highest BCUT2D eigenvalue weighted by molar-refractivity contribution is 5.72. The van der Waals surface area contributed by atoms with Gasteiger partial charge in [-0.2, -0.15) is 0 Å². The van der Waals surface area contributed by atoms with Crippen LogP contribution < -0.4 is 0 Å². The van der Waals surface area contributed by atoms with E-state index < -0.39 is 5.97 Å². The fourth-order valence-corrected chi connectivity index (χ4v) is 1.31. The molecule has 0 aliphatic heterocycles. The molecule has 0 N–H and O–H groups in total. The van der Waals surface area contributed by atoms with E-state index in [1.807, 2.05) is 0 Å². The Labute approximate surface area is 70.8 Å². The van der Waals surface area contributed by atoms with E-state index in [-0.39, 0.29) is 12.7 Å². The summed E-state index contributed by atoms with van der Waals surface area (Å²) in [5.41, 5.74) is 0. The SMILES string of the molecule is O=[C]OCC(=O)OC1CCCC1. The van der Waals surface area contributed by atoms with E-state index in [9.17, 15) is 9.59 Å². The van der Waals surface area contributed by atoms with Gasteiger partial charge in [0.05, 0.1) is 0 Å². The number of rotatable bonds is 4. The van der Waals surface area contributed by atoms with Crippen molar-refractivity contribution in [2.75, 3.05) is 6.61 Å². The predicted molar refractivity (Wildman–Crippen MR) is 40.0 cm³/mol. The smallest absolute Gasteiger partial charge is 0.418 e. The fourth-order valence-electron chi connectivity index (χ4n) is 1.31. The molecule has 0 amide bonds. The van der Waals surface area contributed by atoms with Crippen LogP contribution in [-0.2, 0) is 19.1 Å². The zero-order chi connectivity index (χ0) is 8.81. The highest BCUT2D eigenvalue weighted by Crippen LogP contribution is 2.20. The van der Waals surface area contributed by atoms with Crippen LogP contribution in [0.4, 0.5) is 0 Å². The molecule has 1 rings (SSSR count). The predicted octanol–water partition coefficient (Wildman–Crippen LogP) is 0.556. The molecule has 4 heteroatoms. The van der Waals surface area contributed by atoms with Gasteiger partial charge in [-0.05, 0) is 25.7 Å². The first-order chi connectivity index (χ1) is 5.83. The fraction of sp³-hybridized carbons (Fsp3) is 0.750. The molecule has 0 atom stereocenters. The highest BCUT2D eigenvalue weighted by Gasteiger charge is 2.18. The van der Waals surface area contributed by atoms with Gasteiger partial charge in [0, 0.05) is 0 Å². The van der Waals surface area contributed by atoms with Gasteiger partial charge in [-0.25, -0.2) is 9.59 Å². The van der Waals surface area contributed by atoms with Gasteiger partial charge in [0.1, 0.15) is 6.10 Å². The van der Waals surface area contributed by atoms with Crippen LogP contribution in [0.5, 0.6) is 0 Å². The van der Waals surface area contributed by atoms with Crippen LogP contribution in [0.1, 0.15) is 25.7 Å². The summed E-state index contributed by atoms with van der Waals surface area (Å²) in [6.45, 7) is 0.853. The number of esters is 1. The molecular formula is C8H11O4. The number of hydrogen-bond acceptors (Lipinski definition) is 4. The summed E-state index contributed by atoms with van der Waals surface area (Å²) < 4.78 is 9.10. The van der Waals surface area contributed by atoms with Crippen molar-refractivity contribution < 1.29 is 19.1 Å². The van der Waals surface area contributed by atoms with Crippen LogP contribution >= 0.6 is 0 Å². The summed E-state index contributed by atoms with van der Waals surface area (Å²) >= 11 is 0. The summed E-state index contributed by atoms with van der Waals surface area (Å²) in [5, 5.41) is 0. The van der Waals surface area contributed by atoms with E-state index in [4.69, 9.17) is 4.74 Å². The zero-order valence-corrected chi connectivity index (χ0v) is 6.75. The molecule has 0 aromatic rings. The Kier molecular flexibility index (Phi) is 3.57. The van der Waals surface area contributed by atoms with Crippen LogP contribution in [0.3, 0.4) is 0 Å². The summed E-state index contributed by atoms with van der Waals surface area (Å²) in [6.07, 6.45) is 4.11. The summed E-state index contributed by atoms with van der Waals surface area (Å²) in [4.78, 5) is 20.4. The van der Waals surface area contributed by atoms with Crippen LogP contribution in [0, 0.1) is 0 Å². The minimum Gasteiger partial charge on any atom is -0.460 e. The van der Waals surface area contributed by atoms with Gasteiger partial charge >= 0.3 is 12.4 Å². The minimum atomic E-state index is -0.481. The van der Waals surface area contributed by atoms with Crippen LogP contribution in [0.25, 0.3) is 0 Å². The Bertz CT molecular complexity index is 160. The van der Waals surface area contributed by atoms with Crippen molar-refractivity contribution in [2.45, 2.75) is 31.8 Å². The molecule has 0 bridgehead atoms. The first-order valence-corrected chi connectivity index (χ1v) is 4.01. The summed E-state index contributed by atoms with van der Waals surface area (Å²) in [5.74, 6) is -0.481. The molecule has 0 unspecified atom stereocenters. The monoisotopic (exact) mass is 171 g/mol. The lowest BCUT2D eigenvalue weighted by Crippen LogP contribution is -2.18. The third-order valence-electron chi connectivity index (χ3n) is 1.85. The molecule has 1 fully saturated rings. The average molecular weight is 171 g/mol. The average Bonchev–Trinajstić information content (AvgIpc) is 2.53. The number of hydrogen-bond donors (Lipinski definition) is 0. The maximum absolute atomic E-state index is 10.8. The van der Waals surface area contributed by atoms with E-state index in [0.29, 0.717) is 0 Å². The molecule has 1 radical (unpaired) electrons. The first-order valence-electron chi connectivity index (χ1n) is 4.01. The molecule has 0 saturated heterocycles. The third-order valence-corrected chi connectivity index (χ3v) is 1.85. The lowest BCUT2D eigenvalue weighted by molar-refractivity contribution is -0.151. The molecule has 12 heavy (non-hydrogen) atoms. The van der Waals surface area contributed by atoms with E-state index in [0.717, 1.165) is 25.7 Å². The van der Waals surface area contributed by atoms with Gasteiger partial charge in [-0.15, -0.1) is 0 Å². The van der Waals surface area contributed by atoms with Crippen molar-refractivity contribution in [3.05, 3.63) is 0 Å². The second-order valence-electron chi connectivity index (χ2n) is 2.77. The number of carbonyl (C=O) groups excluding carboxylic acids is 2. The molecule has 0 aromatic heterocycles. The van der Waals surface area contributed by atoms with E-state index >= 15 is 0 Å². The molecule has 1 aliphatic rings. The van der Waals surface area contributed by atoms with Crippen molar-refractivity contribution in [1.29, 1.82) is 0 Å². The second kappa shape index (κ2) is 4.74. The summed E-state index contributed by atoms with van der Waals surface area (Å²) in [7, 11) is 0. The Morgan fingerprint density at radius 2 is 2.08 bits per heavy atom. The quantitative estimate of drug-likeness (QED) is 0.580. The number of ether oxygens (including phenoxy) is 2. The molecule has 0 aromatic carbocycles. The normalized spacial score (nSPS) is 17.3. The van der Waals surface area contributed by atoms with Gasteiger partial charge < -0.3 is 9.47 Å². The minimum absolute atomic E-state index is 0.0350. The second-order valence-corrected chi connectivity index (χ2v) is 2.77. The van der Waals surface area contributed by atoms with Crippen LogP contribution in [0.2, 0.25) is 0 Å². The van der Waals surface area contributed by atoms with Crippen molar-refractivity contribution in [3.63, 3.8) is 0 Å². The number of carbonyl (C=O) groups is 1. The van der Waals surface area contributed by atoms with Gasteiger partial charge in [0.2, 0.25) is 0 Å². The Morgan fingerprint density at radius 3 is 2.67 bits per heavy atom. The molecule has 1 saturated carbocycles. The van der Waals surface area contributed by atoms with Gasteiger partial charge in [0.25, 0.3) is 0 Å². The molecule has 4 nitrogen and oxygen atoms in total. The van der Waals surface area contributed by atoms with Gasteiger partial charge in [-0.3, -0.25) is 0 Å². The van der Waals surface area contributed by atoms with E-state index in [1.54, 1.807) is 0 Å². The maximum atomic E-state index is 10.8. The zero-order valence-electron chi connectivity index (χ0n) is 6.75. The third kappa shape index (κ3) is 2.90. The molecular weight excluding hydrogens is 160 g/mol. The molecule has 67 valence electrons. The standard InChI is InChI=1S/C8H11O4/c9-6-11-5-8(10)12-7-3-1-2-4-7/h7H,1-5H2. The van der Waals surface area contributed by atoms with E-state index in [2.05, 4.69) is 4.74 Å². The first kappa shape index (κ1) is 9.03. The Morgan fingerprint density at radius 1 is 1.42 bits per heavy atom. The largest absolute Gasteiger partial charge is 0.460 e. The maximum Gasteiger partial charge on any atom is 0.418 e. The van der Waals surface area contributed by atoms with Crippen LogP contribution in [-0.4, -0.2) is 25.2 Å². The van der Waals surface area contributed by atoms with Crippen molar-refractivity contribution in [3.8, 4) is 0 Å². The van der Waals surface area contributed by atoms with Crippen molar-refractivity contribution in [2.24, 2.45) is 0 Å². The molecule has 0 heterocycles. The lowest BCUT2D eigenvalue weighted by atomic mass is 10.3. The molecule has 1 aliphatic carbocycles. The van der Waals surface area contributed by atoms with Gasteiger partial charge in [-0.1, -0.05) is 0 Å². The Hall–Kier alpha value is -1.06.